The Morgan fingerprint density at radius 2 is 1.98 bits per heavy atom. The summed E-state index contributed by atoms with van der Waals surface area (Å²) in [6, 6.07) is 9.74. The topological polar surface area (TPSA) is 116 Å². The number of likely N-dealkylation sites (N-methyl/N-ethyl adjacent to an activating group) is 1. The van der Waals surface area contributed by atoms with Crippen LogP contribution in [-0.4, -0.2) is 74.8 Å². The number of rotatable bonds is 5. The maximum absolute atomic E-state index is 14.0. The van der Waals surface area contributed by atoms with Gasteiger partial charge in [-0.3, -0.25) is 0 Å². The number of fused-ring (bicyclic) bond motifs is 2. The van der Waals surface area contributed by atoms with Crippen LogP contribution in [0.15, 0.2) is 48.8 Å². The van der Waals surface area contributed by atoms with Gasteiger partial charge in [-0.05, 0) is 67.8 Å². The predicted octanol–water partition coefficient (Wildman–Crippen LogP) is 5.67. The molecule has 3 aromatic heterocycles. The number of alkyl halides is 3. The van der Waals surface area contributed by atoms with Crippen LogP contribution in [0.25, 0.3) is 11.0 Å². The van der Waals surface area contributed by atoms with Crippen LogP contribution in [0.4, 0.5) is 23.7 Å². The molecule has 0 bridgehead atoms. The van der Waals surface area contributed by atoms with Gasteiger partial charge in [-0.2, -0.15) is 13.2 Å². The molecule has 10 nitrogen and oxygen atoms in total. The van der Waals surface area contributed by atoms with Crippen LogP contribution in [0.1, 0.15) is 41.6 Å². The van der Waals surface area contributed by atoms with Gasteiger partial charge in [0, 0.05) is 38.1 Å². The highest BCUT2D eigenvalue weighted by molar-refractivity contribution is 5.89. The molecule has 0 saturated carbocycles. The summed E-state index contributed by atoms with van der Waals surface area (Å²) in [5.41, 5.74) is 2.39. The van der Waals surface area contributed by atoms with E-state index in [1.165, 1.54) is 0 Å². The summed E-state index contributed by atoms with van der Waals surface area (Å²) in [5, 5.41) is 13.7. The van der Waals surface area contributed by atoms with Crippen LogP contribution in [-0.2, 0) is 12.7 Å². The standard InChI is InChI=1S/C31H33F3N6O4/c1-17-14-40(15-19-11-21(4-5-22(17)19)43-26-6-8-35-28-23(26)10-18(2)37-28)30(42)38-20-12-24(31(32,33)34)29(36-13-20)44-27-7-9-39(3)16-25(27)41/h4-6,8,10-13,17,25,27,41H,7,9,14-16H2,1-3H3,(H,35,37)(H,38,42). The highest BCUT2D eigenvalue weighted by atomic mass is 19.4. The average Bonchev–Trinajstić information content (AvgIpc) is 3.35. The number of hydrogen-bond donors (Lipinski definition) is 3. The number of halogens is 3. The first-order chi connectivity index (χ1) is 20.9. The van der Waals surface area contributed by atoms with Crippen LogP contribution in [0.3, 0.4) is 0 Å². The molecular formula is C31H33F3N6O4. The zero-order valence-corrected chi connectivity index (χ0v) is 24.5. The van der Waals surface area contributed by atoms with Crippen molar-refractivity contribution in [2.75, 3.05) is 32.0 Å². The number of aliphatic hydroxyl groups excluding tert-OH is 1. The van der Waals surface area contributed by atoms with E-state index >= 15 is 0 Å². The number of amides is 2. The molecule has 2 aliphatic rings. The number of carbonyl (C=O) groups excluding carboxylic acids is 1. The molecule has 3 atom stereocenters. The number of likely N-dealkylation sites (tertiary alicyclic amines) is 1. The molecule has 6 rings (SSSR count). The number of aromatic nitrogens is 3. The number of nitrogens with one attached hydrogen (secondary N) is 2. The van der Waals surface area contributed by atoms with E-state index in [0.717, 1.165) is 40.1 Å². The number of aryl methyl sites for hydroxylation is 1. The van der Waals surface area contributed by atoms with Crippen molar-refractivity contribution in [3.63, 3.8) is 0 Å². The highest BCUT2D eigenvalue weighted by Crippen LogP contribution is 2.38. The fourth-order valence-corrected chi connectivity index (χ4v) is 5.84. The summed E-state index contributed by atoms with van der Waals surface area (Å²) in [7, 11) is 1.81. The molecule has 5 heterocycles. The Morgan fingerprint density at radius 3 is 2.75 bits per heavy atom. The van der Waals surface area contributed by atoms with E-state index < -0.39 is 35.9 Å². The number of benzene rings is 1. The Bertz CT molecular complexity index is 1690. The summed E-state index contributed by atoms with van der Waals surface area (Å²) in [4.78, 5) is 28.1. The number of aliphatic hydroxyl groups is 1. The van der Waals surface area contributed by atoms with Crippen molar-refractivity contribution in [3.05, 3.63) is 71.2 Å². The van der Waals surface area contributed by atoms with Gasteiger partial charge in [0.15, 0.2) is 0 Å². The van der Waals surface area contributed by atoms with Gasteiger partial charge in [0.1, 0.15) is 34.9 Å². The second-order valence-corrected chi connectivity index (χ2v) is 11.5. The molecule has 2 amide bonds. The first kappa shape index (κ1) is 29.7. The van der Waals surface area contributed by atoms with E-state index in [-0.39, 0.29) is 24.7 Å². The third-order valence-corrected chi connectivity index (χ3v) is 8.04. The van der Waals surface area contributed by atoms with Crippen LogP contribution in [0.2, 0.25) is 0 Å². The maximum atomic E-state index is 14.0. The molecule has 3 unspecified atom stereocenters. The Balaban J connectivity index is 1.18. The quantitative estimate of drug-likeness (QED) is 0.267. The summed E-state index contributed by atoms with van der Waals surface area (Å²) in [6.07, 6.45) is -3.40. The second kappa shape index (κ2) is 11.6. The minimum Gasteiger partial charge on any atom is -0.471 e. The van der Waals surface area contributed by atoms with Crippen LogP contribution in [0.5, 0.6) is 17.4 Å². The van der Waals surface area contributed by atoms with E-state index in [2.05, 4.69) is 20.3 Å². The molecule has 3 N–H and O–H groups in total. The van der Waals surface area contributed by atoms with Crippen molar-refractivity contribution in [1.29, 1.82) is 0 Å². The fourth-order valence-electron chi connectivity index (χ4n) is 5.84. The third-order valence-electron chi connectivity index (χ3n) is 8.04. The van der Waals surface area contributed by atoms with Crippen LogP contribution >= 0.6 is 0 Å². The number of urea groups is 1. The van der Waals surface area contributed by atoms with Gasteiger partial charge in [0.05, 0.1) is 17.3 Å². The summed E-state index contributed by atoms with van der Waals surface area (Å²) < 4.78 is 53.7. The normalized spacial score (nSPS) is 20.8. The summed E-state index contributed by atoms with van der Waals surface area (Å²) in [6.45, 7) is 5.40. The Hall–Kier alpha value is -4.36. The SMILES string of the molecule is Cc1cc2c(Oc3ccc4c(c3)CN(C(=O)Nc3cnc(OC5CCN(C)CC5O)c(C(F)(F)F)c3)CC4C)ccnc2[nH]1. The zero-order valence-electron chi connectivity index (χ0n) is 24.5. The largest absolute Gasteiger partial charge is 0.471 e. The van der Waals surface area contributed by atoms with Gasteiger partial charge in [0.25, 0.3) is 0 Å². The minimum atomic E-state index is -4.78. The van der Waals surface area contributed by atoms with Crippen molar-refractivity contribution < 1.29 is 32.5 Å². The number of aromatic amines is 1. The highest BCUT2D eigenvalue weighted by Gasteiger charge is 2.38. The molecule has 0 aliphatic carbocycles. The Labute approximate surface area is 251 Å². The number of anilines is 1. The van der Waals surface area contributed by atoms with E-state index in [1.54, 1.807) is 17.2 Å². The molecule has 4 aromatic rings. The van der Waals surface area contributed by atoms with Gasteiger partial charge >= 0.3 is 12.2 Å². The number of ether oxygens (including phenoxy) is 2. The molecule has 0 spiro atoms. The lowest BCUT2D eigenvalue weighted by molar-refractivity contribution is -0.140. The van der Waals surface area contributed by atoms with Crippen LogP contribution in [0, 0.1) is 6.92 Å². The lowest BCUT2D eigenvalue weighted by Crippen LogP contribution is -2.47. The minimum absolute atomic E-state index is 0.0147. The van der Waals surface area contributed by atoms with Crippen molar-refractivity contribution in [1.82, 2.24) is 24.8 Å². The van der Waals surface area contributed by atoms with E-state index in [4.69, 9.17) is 9.47 Å². The molecule has 232 valence electrons. The molecule has 1 fully saturated rings. The number of piperidine rings is 1. The van der Waals surface area contributed by atoms with Gasteiger partial charge in [-0.25, -0.2) is 14.8 Å². The zero-order chi connectivity index (χ0) is 31.2. The Morgan fingerprint density at radius 1 is 1.16 bits per heavy atom. The Kier molecular flexibility index (Phi) is 7.84. The van der Waals surface area contributed by atoms with Crippen molar-refractivity contribution in [2.45, 2.75) is 51.1 Å². The van der Waals surface area contributed by atoms with Crippen molar-refractivity contribution in [3.8, 4) is 17.4 Å². The summed E-state index contributed by atoms with van der Waals surface area (Å²) in [5.74, 6) is 0.593. The number of nitrogens with zero attached hydrogens (tertiary/aromatic N) is 4. The summed E-state index contributed by atoms with van der Waals surface area (Å²) >= 11 is 0. The number of carbonyl (C=O) groups is 1. The monoisotopic (exact) mass is 610 g/mol. The van der Waals surface area contributed by atoms with Gasteiger partial charge in [-0.15, -0.1) is 0 Å². The maximum Gasteiger partial charge on any atom is 0.421 e. The van der Waals surface area contributed by atoms with Gasteiger partial charge < -0.3 is 34.7 Å². The van der Waals surface area contributed by atoms with Crippen molar-refractivity contribution in [2.24, 2.45) is 0 Å². The molecule has 13 heteroatoms. The van der Waals surface area contributed by atoms with Gasteiger partial charge in [-0.1, -0.05) is 13.0 Å². The second-order valence-electron chi connectivity index (χ2n) is 11.5. The fraction of sp³-hybridized carbons (Fsp3) is 0.387. The van der Waals surface area contributed by atoms with Crippen molar-refractivity contribution >= 4 is 22.8 Å². The van der Waals surface area contributed by atoms with E-state index in [0.29, 0.717) is 31.0 Å². The number of hydrogen-bond acceptors (Lipinski definition) is 7. The molecular weight excluding hydrogens is 577 g/mol. The molecule has 1 saturated heterocycles. The molecule has 44 heavy (non-hydrogen) atoms. The average molecular weight is 611 g/mol. The predicted molar refractivity (Wildman–Crippen MR) is 157 cm³/mol. The third kappa shape index (κ3) is 6.15. The van der Waals surface area contributed by atoms with E-state index in [1.807, 2.05) is 50.1 Å². The molecule has 2 aliphatic heterocycles. The lowest BCUT2D eigenvalue weighted by atomic mass is 9.91. The molecule has 1 aromatic carbocycles. The van der Waals surface area contributed by atoms with E-state index in [9.17, 15) is 23.1 Å². The first-order valence-electron chi connectivity index (χ1n) is 14.4. The lowest BCUT2D eigenvalue weighted by Gasteiger charge is -2.34. The van der Waals surface area contributed by atoms with Gasteiger partial charge in [0.2, 0.25) is 5.88 Å². The van der Waals surface area contributed by atoms with Crippen LogP contribution < -0.4 is 14.8 Å². The number of β-amino-alcohol motifs (C(OH)–C–C–N with tert-alkyl or cyclic N) is 1. The molecule has 0 radical (unpaired) electrons. The number of pyridine rings is 2. The number of H-pyrrole nitrogens is 1. The first-order valence-corrected chi connectivity index (χ1v) is 14.4. The smallest absolute Gasteiger partial charge is 0.421 e.